The summed E-state index contributed by atoms with van der Waals surface area (Å²) in [4.78, 5) is 11.3. The molecular weight excluding hydrogens is 335 g/mol. The van der Waals surface area contributed by atoms with Crippen LogP contribution < -0.4 is 11.1 Å². The van der Waals surface area contributed by atoms with Crippen molar-refractivity contribution in [2.24, 2.45) is 5.73 Å². The first kappa shape index (κ1) is 16.3. The fourth-order valence-electron chi connectivity index (χ4n) is 1.71. The minimum absolute atomic E-state index is 0.0145. The quantitative estimate of drug-likeness (QED) is 0.704. The lowest BCUT2D eigenvalue weighted by atomic mass is 10.1. The number of amides is 1. The number of hydrogen-bond donors (Lipinski definition) is 3. The number of primary amides is 1. The van der Waals surface area contributed by atoms with E-state index >= 15 is 0 Å². The van der Waals surface area contributed by atoms with Gasteiger partial charge in [0.15, 0.2) is 0 Å². The van der Waals surface area contributed by atoms with Gasteiger partial charge in [0, 0.05) is 22.9 Å². The molecule has 0 aromatic heterocycles. The summed E-state index contributed by atoms with van der Waals surface area (Å²) in [7, 11) is 0. The molecule has 0 heterocycles. The summed E-state index contributed by atoms with van der Waals surface area (Å²) in [6, 6.07) is 2.74. The van der Waals surface area contributed by atoms with E-state index in [2.05, 4.69) is 21.2 Å². The van der Waals surface area contributed by atoms with Crippen LogP contribution in [0.25, 0.3) is 0 Å². The molecule has 0 fully saturated rings. The first-order valence-electron chi connectivity index (χ1n) is 5.64. The number of carbonyl (C=O) groups excluding carboxylic acids is 1. The maximum Gasteiger partial charge on any atom is 0.253 e. The topological polar surface area (TPSA) is 75.3 Å². The SMILES string of the molecule is CSCC(CCO)Nc1cc(Br)cc(F)c1C(N)=O. The summed E-state index contributed by atoms with van der Waals surface area (Å²) in [5.41, 5.74) is 5.38. The smallest absolute Gasteiger partial charge is 0.253 e. The predicted molar refractivity (Wildman–Crippen MR) is 80.1 cm³/mol. The molecule has 1 unspecified atom stereocenters. The molecule has 4 nitrogen and oxygen atoms in total. The lowest BCUT2D eigenvalue weighted by Gasteiger charge is -2.20. The second-order valence-corrected chi connectivity index (χ2v) is 5.81. The summed E-state index contributed by atoms with van der Waals surface area (Å²) >= 11 is 4.77. The van der Waals surface area contributed by atoms with Crippen molar-refractivity contribution in [3.63, 3.8) is 0 Å². The van der Waals surface area contributed by atoms with Gasteiger partial charge in [0.05, 0.1) is 11.3 Å². The first-order chi connectivity index (χ1) is 8.99. The molecule has 0 aliphatic heterocycles. The number of benzene rings is 1. The second-order valence-electron chi connectivity index (χ2n) is 3.98. The second kappa shape index (κ2) is 7.72. The number of aliphatic hydroxyl groups excluding tert-OH is 1. The van der Waals surface area contributed by atoms with Crippen molar-refractivity contribution in [2.45, 2.75) is 12.5 Å². The van der Waals surface area contributed by atoms with E-state index in [1.54, 1.807) is 17.8 Å². The van der Waals surface area contributed by atoms with E-state index in [0.29, 0.717) is 16.6 Å². The Morgan fingerprint density at radius 3 is 2.84 bits per heavy atom. The highest BCUT2D eigenvalue weighted by molar-refractivity contribution is 9.10. The molecule has 106 valence electrons. The maximum absolute atomic E-state index is 13.8. The number of nitrogens with one attached hydrogen (secondary N) is 1. The van der Waals surface area contributed by atoms with Crippen molar-refractivity contribution in [2.75, 3.05) is 23.9 Å². The Bertz CT molecular complexity index is 454. The Labute approximate surface area is 124 Å². The van der Waals surface area contributed by atoms with Crippen LogP contribution in [-0.4, -0.2) is 35.7 Å². The molecule has 19 heavy (non-hydrogen) atoms. The molecule has 0 aliphatic carbocycles. The minimum atomic E-state index is -0.820. The number of carbonyl (C=O) groups is 1. The van der Waals surface area contributed by atoms with Crippen molar-refractivity contribution in [3.8, 4) is 0 Å². The van der Waals surface area contributed by atoms with Gasteiger partial charge in [0.2, 0.25) is 0 Å². The molecule has 0 saturated heterocycles. The van der Waals surface area contributed by atoms with Gasteiger partial charge in [0.25, 0.3) is 5.91 Å². The largest absolute Gasteiger partial charge is 0.396 e. The zero-order chi connectivity index (χ0) is 14.4. The van der Waals surface area contributed by atoms with Gasteiger partial charge in [-0.3, -0.25) is 4.79 Å². The van der Waals surface area contributed by atoms with Gasteiger partial charge in [-0.15, -0.1) is 0 Å². The zero-order valence-electron chi connectivity index (χ0n) is 10.5. The summed E-state index contributed by atoms with van der Waals surface area (Å²) < 4.78 is 14.3. The highest BCUT2D eigenvalue weighted by Crippen LogP contribution is 2.26. The third-order valence-corrected chi connectivity index (χ3v) is 3.70. The van der Waals surface area contributed by atoms with E-state index in [1.807, 2.05) is 6.26 Å². The van der Waals surface area contributed by atoms with E-state index in [4.69, 9.17) is 10.8 Å². The molecule has 0 bridgehead atoms. The fraction of sp³-hybridized carbons (Fsp3) is 0.417. The summed E-state index contributed by atoms with van der Waals surface area (Å²) in [5, 5.41) is 12.1. The lowest BCUT2D eigenvalue weighted by Crippen LogP contribution is -2.26. The molecule has 1 amide bonds. The number of aliphatic hydroxyl groups is 1. The standard InChI is InChI=1S/C12H16BrFN2O2S/c1-19-6-8(2-3-17)16-10-5-7(13)4-9(14)11(10)12(15)18/h4-5,8,16-17H,2-3,6H2,1H3,(H2,15,18). The van der Waals surface area contributed by atoms with Gasteiger partial charge in [-0.1, -0.05) is 15.9 Å². The summed E-state index contributed by atoms with van der Waals surface area (Å²) in [6.45, 7) is 0.0145. The molecule has 0 aliphatic rings. The van der Waals surface area contributed by atoms with E-state index in [0.717, 1.165) is 5.75 Å². The van der Waals surface area contributed by atoms with E-state index < -0.39 is 11.7 Å². The maximum atomic E-state index is 13.8. The van der Waals surface area contributed by atoms with Gasteiger partial charge in [-0.05, 0) is 24.8 Å². The normalized spacial score (nSPS) is 12.2. The molecule has 4 N–H and O–H groups in total. The number of thioether (sulfide) groups is 1. The third-order valence-electron chi connectivity index (χ3n) is 2.51. The predicted octanol–water partition coefficient (Wildman–Crippen LogP) is 2.21. The van der Waals surface area contributed by atoms with Crippen LogP contribution in [0.15, 0.2) is 16.6 Å². The molecule has 1 aromatic carbocycles. The van der Waals surface area contributed by atoms with Crippen LogP contribution in [0.3, 0.4) is 0 Å². The monoisotopic (exact) mass is 350 g/mol. The van der Waals surface area contributed by atoms with Crippen LogP contribution in [0.2, 0.25) is 0 Å². The average molecular weight is 351 g/mol. The molecule has 0 spiro atoms. The summed E-state index contributed by atoms with van der Waals surface area (Å²) in [6.07, 6.45) is 2.44. The Balaban J connectivity index is 3.06. The molecule has 0 radical (unpaired) electrons. The molecule has 1 atom stereocenters. The Kier molecular flexibility index (Phi) is 6.60. The van der Waals surface area contributed by atoms with Crippen LogP contribution in [0.1, 0.15) is 16.8 Å². The van der Waals surface area contributed by atoms with E-state index in [1.165, 1.54) is 6.07 Å². The Hall–Kier alpha value is -0.790. The molecular formula is C12H16BrFN2O2S. The highest BCUT2D eigenvalue weighted by atomic mass is 79.9. The highest BCUT2D eigenvalue weighted by Gasteiger charge is 2.18. The zero-order valence-corrected chi connectivity index (χ0v) is 12.9. The van der Waals surface area contributed by atoms with E-state index in [9.17, 15) is 9.18 Å². The molecule has 1 aromatic rings. The molecule has 1 rings (SSSR count). The van der Waals surface area contributed by atoms with Crippen molar-refractivity contribution in [3.05, 3.63) is 28.0 Å². The number of rotatable bonds is 7. The average Bonchev–Trinajstić information content (AvgIpc) is 2.27. The molecule has 7 heteroatoms. The number of hydrogen-bond acceptors (Lipinski definition) is 4. The minimum Gasteiger partial charge on any atom is -0.396 e. The lowest BCUT2D eigenvalue weighted by molar-refractivity contribution is 0.0997. The van der Waals surface area contributed by atoms with Gasteiger partial charge >= 0.3 is 0 Å². The van der Waals surface area contributed by atoms with Gasteiger partial charge < -0.3 is 16.2 Å². The van der Waals surface area contributed by atoms with Crippen molar-refractivity contribution >= 4 is 39.3 Å². The van der Waals surface area contributed by atoms with Crippen LogP contribution in [0, 0.1) is 5.82 Å². The fourth-order valence-corrected chi connectivity index (χ4v) is 2.79. The van der Waals surface area contributed by atoms with Crippen molar-refractivity contribution in [1.29, 1.82) is 0 Å². The summed E-state index contributed by atoms with van der Waals surface area (Å²) in [5.74, 6) is -0.761. The van der Waals surface area contributed by atoms with Crippen molar-refractivity contribution in [1.82, 2.24) is 0 Å². The van der Waals surface area contributed by atoms with Crippen LogP contribution in [-0.2, 0) is 0 Å². The van der Waals surface area contributed by atoms with Crippen LogP contribution >= 0.6 is 27.7 Å². The van der Waals surface area contributed by atoms with Gasteiger partial charge in [-0.25, -0.2) is 4.39 Å². The molecule has 0 saturated carbocycles. The number of halogens is 2. The third kappa shape index (κ3) is 4.67. The van der Waals surface area contributed by atoms with Crippen LogP contribution in [0.4, 0.5) is 10.1 Å². The van der Waals surface area contributed by atoms with E-state index in [-0.39, 0.29) is 18.2 Å². The Morgan fingerprint density at radius 2 is 2.32 bits per heavy atom. The first-order valence-corrected chi connectivity index (χ1v) is 7.83. The van der Waals surface area contributed by atoms with Crippen LogP contribution in [0.5, 0.6) is 0 Å². The Morgan fingerprint density at radius 1 is 1.63 bits per heavy atom. The van der Waals surface area contributed by atoms with Crippen molar-refractivity contribution < 1.29 is 14.3 Å². The number of nitrogens with two attached hydrogens (primary N) is 1. The van der Waals surface area contributed by atoms with Gasteiger partial charge in [0.1, 0.15) is 5.82 Å². The number of anilines is 1. The van der Waals surface area contributed by atoms with Gasteiger partial charge in [-0.2, -0.15) is 11.8 Å².